The highest BCUT2D eigenvalue weighted by Crippen LogP contribution is 2.19. The molecule has 0 bridgehead atoms. The SMILES string of the molecule is Cc1nc(CC(=O)Nc2ccc(N3CCN(C)CC3)cc2)cs1. The van der Waals surface area contributed by atoms with Gasteiger partial charge in [0, 0.05) is 42.9 Å². The maximum absolute atomic E-state index is 12.1. The van der Waals surface area contributed by atoms with Crippen molar-refractivity contribution in [3.05, 3.63) is 40.3 Å². The maximum Gasteiger partial charge on any atom is 0.230 e. The lowest BCUT2D eigenvalue weighted by atomic mass is 10.2. The molecule has 0 aliphatic carbocycles. The fourth-order valence-corrected chi connectivity index (χ4v) is 3.29. The number of nitrogens with zero attached hydrogens (tertiary/aromatic N) is 3. The molecule has 2 heterocycles. The van der Waals surface area contributed by atoms with Crippen molar-refractivity contribution in [2.75, 3.05) is 43.4 Å². The van der Waals surface area contributed by atoms with E-state index in [1.165, 1.54) is 5.69 Å². The fraction of sp³-hybridized carbons (Fsp3) is 0.412. The maximum atomic E-state index is 12.1. The second-order valence-electron chi connectivity index (χ2n) is 5.92. The number of hydrogen-bond donors (Lipinski definition) is 1. The van der Waals surface area contributed by atoms with Gasteiger partial charge in [0.05, 0.1) is 17.1 Å². The van der Waals surface area contributed by atoms with Crippen molar-refractivity contribution in [3.8, 4) is 0 Å². The van der Waals surface area contributed by atoms with Crippen LogP contribution in [-0.4, -0.2) is 49.0 Å². The lowest BCUT2D eigenvalue weighted by molar-refractivity contribution is -0.115. The molecule has 1 aromatic carbocycles. The van der Waals surface area contributed by atoms with Crippen molar-refractivity contribution < 1.29 is 4.79 Å². The number of carbonyl (C=O) groups excluding carboxylic acids is 1. The number of rotatable bonds is 4. The van der Waals surface area contributed by atoms with Gasteiger partial charge in [0.15, 0.2) is 0 Å². The Bertz CT molecular complexity index is 659. The van der Waals surface area contributed by atoms with Crippen molar-refractivity contribution in [2.45, 2.75) is 13.3 Å². The Kier molecular flexibility index (Phi) is 4.93. The summed E-state index contributed by atoms with van der Waals surface area (Å²) < 4.78 is 0. The molecule has 5 nitrogen and oxygen atoms in total. The minimum Gasteiger partial charge on any atom is -0.369 e. The van der Waals surface area contributed by atoms with Crippen LogP contribution in [0.5, 0.6) is 0 Å². The molecule has 0 atom stereocenters. The van der Waals surface area contributed by atoms with Crippen LogP contribution in [0.2, 0.25) is 0 Å². The first kappa shape index (κ1) is 16.0. The normalized spacial score (nSPS) is 15.7. The first-order chi connectivity index (χ1) is 11.1. The summed E-state index contributed by atoms with van der Waals surface area (Å²) >= 11 is 1.57. The van der Waals surface area contributed by atoms with E-state index in [2.05, 4.69) is 39.3 Å². The van der Waals surface area contributed by atoms with Crippen molar-refractivity contribution in [1.82, 2.24) is 9.88 Å². The Hall–Kier alpha value is -1.92. The zero-order valence-electron chi connectivity index (χ0n) is 13.6. The molecule has 3 rings (SSSR count). The van der Waals surface area contributed by atoms with E-state index >= 15 is 0 Å². The van der Waals surface area contributed by atoms with E-state index in [0.717, 1.165) is 42.6 Å². The third-order valence-electron chi connectivity index (χ3n) is 4.03. The third-order valence-corrected chi connectivity index (χ3v) is 4.85. The number of amides is 1. The summed E-state index contributed by atoms with van der Waals surface area (Å²) in [6, 6.07) is 8.09. The molecular weight excluding hydrogens is 308 g/mol. The first-order valence-corrected chi connectivity index (χ1v) is 8.72. The number of aryl methyl sites for hydroxylation is 1. The molecule has 1 aliphatic heterocycles. The predicted molar refractivity (Wildman–Crippen MR) is 95.3 cm³/mol. The van der Waals surface area contributed by atoms with Crippen LogP contribution in [0.3, 0.4) is 0 Å². The van der Waals surface area contributed by atoms with Crippen LogP contribution in [-0.2, 0) is 11.2 Å². The second kappa shape index (κ2) is 7.10. The lowest BCUT2D eigenvalue weighted by Crippen LogP contribution is -2.44. The van der Waals surface area contributed by atoms with E-state index < -0.39 is 0 Å². The van der Waals surface area contributed by atoms with Crippen molar-refractivity contribution in [1.29, 1.82) is 0 Å². The van der Waals surface area contributed by atoms with Crippen LogP contribution in [0, 0.1) is 6.92 Å². The largest absolute Gasteiger partial charge is 0.369 e. The van der Waals surface area contributed by atoms with Crippen molar-refractivity contribution >= 4 is 28.6 Å². The second-order valence-corrected chi connectivity index (χ2v) is 6.98. The van der Waals surface area contributed by atoms with Gasteiger partial charge in [0.1, 0.15) is 0 Å². The minimum absolute atomic E-state index is 0.0253. The number of piperazine rings is 1. The molecule has 0 saturated carbocycles. The van der Waals surface area contributed by atoms with E-state index in [1.54, 1.807) is 11.3 Å². The van der Waals surface area contributed by atoms with E-state index in [4.69, 9.17) is 0 Å². The van der Waals surface area contributed by atoms with Crippen LogP contribution in [0.15, 0.2) is 29.6 Å². The Morgan fingerprint density at radius 2 is 1.91 bits per heavy atom. The Morgan fingerprint density at radius 1 is 1.22 bits per heavy atom. The average molecular weight is 330 g/mol. The summed E-state index contributed by atoms with van der Waals surface area (Å²) in [5.74, 6) is -0.0253. The molecule has 2 aromatic rings. The monoisotopic (exact) mass is 330 g/mol. The summed E-state index contributed by atoms with van der Waals surface area (Å²) in [6.45, 7) is 6.22. The van der Waals surface area contributed by atoms with Gasteiger partial charge in [-0.25, -0.2) is 4.98 Å². The molecular formula is C17H22N4OS. The van der Waals surface area contributed by atoms with Gasteiger partial charge in [-0.2, -0.15) is 0 Å². The van der Waals surface area contributed by atoms with E-state index in [9.17, 15) is 4.79 Å². The van der Waals surface area contributed by atoms with Crippen molar-refractivity contribution in [3.63, 3.8) is 0 Å². The van der Waals surface area contributed by atoms with Crippen molar-refractivity contribution in [2.24, 2.45) is 0 Å². The highest BCUT2D eigenvalue weighted by Gasteiger charge is 2.14. The summed E-state index contributed by atoms with van der Waals surface area (Å²) in [6.07, 6.45) is 0.324. The number of anilines is 2. The number of carbonyl (C=O) groups is 1. The smallest absolute Gasteiger partial charge is 0.230 e. The molecule has 1 fully saturated rings. The van der Waals surface area contributed by atoms with Crippen LogP contribution >= 0.6 is 11.3 Å². The molecule has 1 saturated heterocycles. The molecule has 0 spiro atoms. The van der Waals surface area contributed by atoms with Crippen LogP contribution in [0.25, 0.3) is 0 Å². The zero-order valence-corrected chi connectivity index (χ0v) is 14.4. The molecule has 1 amide bonds. The lowest BCUT2D eigenvalue weighted by Gasteiger charge is -2.34. The van der Waals surface area contributed by atoms with Gasteiger partial charge in [-0.1, -0.05) is 0 Å². The van der Waals surface area contributed by atoms with Gasteiger partial charge in [-0.15, -0.1) is 11.3 Å². The van der Waals surface area contributed by atoms with Gasteiger partial charge in [-0.3, -0.25) is 4.79 Å². The third kappa shape index (κ3) is 4.30. The molecule has 1 aromatic heterocycles. The van der Waals surface area contributed by atoms with Gasteiger partial charge >= 0.3 is 0 Å². The van der Waals surface area contributed by atoms with E-state index in [0.29, 0.717) is 6.42 Å². The van der Waals surface area contributed by atoms with Crippen LogP contribution < -0.4 is 10.2 Å². The molecule has 0 radical (unpaired) electrons. The molecule has 122 valence electrons. The summed E-state index contributed by atoms with van der Waals surface area (Å²) in [5, 5.41) is 5.86. The number of benzene rings is 1. The Labute approximate surface area is 140 Å². The predicted octanol–water partition coefficient (Wildman–Crippen LogP) is 2.38. The minimum atomic E-state index is -0.0253. The molecule has 23 heavy (non-hydrogen) atoms. The van der Waals surface area contributed by atoms with E-state index in [1.807, 2.05) is 24.4 Å². The van der Waals surface area contributed by atoms with Crippen LogP contribution in [0.4, 0.5) is 11.4 Å². The first-order valence-electron chi connectivity index (χ1n) is 7.84. The fourth-order valence-electron chi connectivity index (χ4n) is 2.68. The molecule has 0 unspecified atom stereocenters. The van der Waals surface area contributed by atoms with Crippen LogP contribution in [0.1, 0.15) is 10.7 Å². The Balaban J connectivity index is 1.55. The highest BCUT2D eigenvalue weighted by molar-refractivity contribution is 7.09. The standard InChI is InChI=1S/C17H22N4OS/c1-13-18-15(12-23-13)11-17(22)19-14-3-5-16(6-4-14)21-9-7-20(2)8-10-21/h3-6,12H,7-11H2,1-2H3,(H,19,22). The van der Waals surface area contributed by atoms with Gasteiger partial charge < -0.3 is 15.1 Å². The molecule has 1 aliphatic rings. The number of aromatic nitrogens is 1. The van der Waals surface area contributed by atoms with Gasteiger partial charge in [-0.05, 0) is 38.2 Å². The number of likely N-dealkylation sites (N-methyl/N-ethyl adjacent to an activating group) is 1. The average Bonchev–Trinajstić information content (AvgIpc) is 2.94. The van der Waals surface area contributed by atoms with E-state index in [-0.39, 0.29) is 5.91 Å². The summed E-state index contributed by atoms with van der Waals surface area (Å²) in [7, 11) is 2.15. The topological polar surface area (TPSA) is 48.5 Å². The highest BCUT2D eigenvalue weighted by atomic mass is 32.1. The Morgan fingerprint density at radius 3 is 2.52 bits per heavy atom. The summed E-state index contributed by atoms with van der Waals surface area (Å²) in [4.78, 5) is 21.1. The number of thiazole rings is 1. The number of hydrogen-bond acceptors (Lipinski definition) is 5. The zero-order chi connectivity index (χ0) is 16.2. The summed E-state index contributed by atoms with van der Waals surface area (Å²) in [5.41, 5.74) is 2.88. The van der Waals surface area contributed by atoms with Gasteiger partial charge in [0.2, 0.25) is 5.91 Å². The molecule has 1 N–H and O–H groups in total. The molecule has 6 heteroatoms. The quantitative estimate of drug-likeness (QED) is 0.935. The number of nitrogens with one attached hydrogen (secondary N) is 1. The van der Waals surface area contributed by atoms with Gasteiger partial charge in [0.25, 0.3) is 0 Å².